The molecule has 0 saturated carbocycles. The Morgan fingerprint density at radius 1 is 1.50 bits per heavy atom. The minimum atomic E-state index is -0.271. The zero-order chi connectivity index (χ0) is 10.1. The van der Waals surface area contributed by atoms with Crippen molar-refractivity contribution >= 4 is 5.97 Å². The molecule has 1 heterocycles. The highest BCUT2D eigenvalue weighted by atomic mass is 16.5. The van der Waals surface area contributed by atoms with Gasteiger partial charge < -0.3 is 9.47 Å². The van der Waals surface area contributed by atoms with Crippen molar-refractivity contribution in [1.82, 2.24) is 0 Å². The summed E-state index contributed by atoms with van der Waals surface area (Å²) in [6.45, 7) is 2.40. The smallest absolute Gasteiger partial charge is 0.342 e. The molecule has 0 fully saturated rings. The van der Waals surface area contributed by atoms with Crippen molar-refractivity contribution in [2.24, 2.45) is 0 Å². The Kier molecular flexibility index (Phi) is 2.15. The van der Waals surface area contributed by atoms with Crippen LogP contribution in [0.1, 0.15) is 28.4 Å². The summed E-state index contributed by atoms with van der Waals surface area (Å²) in [6, 6.07) is 3.92. The number of methoxy groups -OCH3 is 1. The van der Waals surface area contributed by atoms with Crippen LogP contribution in [-0.2, 0) is 17.8 Å². The number of hydrogen-bond donors (Lipinski definition) is 0. The van der Waals surface area contributed by atoms with Crippen molar-refractivity contribution in [1.29, 1.82) is 0 Å². The molecule has 1 aromatic carbocycles. The van der Waals surface area contributed by atoms with Crippen molar-refractivity contribution in [3.63, 3.8) is 0 Å². The van der Waals surface area contributed by atoms with Gasteiger partial charge in [0.05, 0.1) is 7.11 Å². The van der Waals surface area contributed by atoms with E-state index in [1.807, 2.05) is 19.1 Å². The number of carbonyl (C=O) groups excluding carboxylic acids is 1. The fourth-order valence-corrected chi connectivity index (χ4v) is 1.74. The maximum absolute atomic E-state index is 11.4. The molecule has 0 unspecified atom stereocenters. The highest BCUT2D eigenvalue weighted by Crippen LogP contribution is 2.32. The molecule has 0 N–H and O–H groups in total. The number of esters is 1. The van der Waals surface area contributed by atoms with E-state index in [1.54, 1.807) is 7.11 Å². The molecular weight excluding hydrogens is 180 g/mol. The van der Waals surface area contributed by atoms with E-state index in [4.69, 9.17) is 9.47 Å². The highest BCUT2D eigenvalue weighted by Gasteiger charge is 2.26. The quantitative estimate of drug-likeness (QED) is 0.671. The topological polar surface area (TPSA) is 35.5 Å². The van der Waals surface area contributed by atoms with Crippen molar-refractivity contribution in [2.75, 3.05) is 7.11 Å². The third kappa shape index (κ3) is 1.16. The first-order valence-corrected chi connectivity index (χ1v) is 4.63. The molecule has 0 saturated heterocycles. The first kappa shape index (κ1) is 9.06. The van der Waals surface area contributed by atoms with Gasteiger partial charge in [0.25, 0.3) is 0 Å². The van der Waals surface area contributed by atoms with E-state index in [0.717, 1.165) is 17.5 Å². The number of aryl methyl sites for hydroxylation is 1. The summed E-state index contributed by atoms with van der Waals surface area (Å²) in [5.74, 6) is 0.402. The van der Waals surface area contributed by atoms with Crippen molar-refractivity contribution < 1.29 is 14.3 Å². The van der Waals surface area contributed by atoms with Gasteiger partial charge in [-0.2, -0.15) is 0 Å². The third-order valence-electron chi connectivity index (χ3n) is 2.47. The molecule has 0 aromatic heterocycles. The van der Waals surface area contributed by atoms with Gasteiger partial charge in [0.15, 0.2) is 0 Å². The monoisotopic (exact) mass is 192 g/mol. The molecule has 0 radical (unpaired) electrons. The molecule has 0 aliphatic carbocycles. The second-order valence-corrected chi connectivity index (χ2v) is 3.22. The summed E-state index contributed by atoms with van der Waals surface area (Å²) >= 11 is 0. The molecular formula is C11H12O3. The molecule has 3 heteroatoms. The van der Waals surface area contributed by atoms with Crippen LogP contribution < -0.4 is 4.74 Å². The predicted molar refractivity (Wildman–Crippen MR) is 51.5 cm³/mol. The molecule has 1 aromatic rings. The van der Waals surface area contributed by atoms with E-state index in [-0.39, 0.29) is 5.97 Å². The Bertz CT molecular complexity index is 382. The van der Waals surface area contributed by atoms with Gasteiger partial charge in [-0.3, -0.25) is 0 Å². The van der Waals surface area contributed by atoms with Crippen LogP contribution >= 0.6 is 0 Å². The van der Waals surface area contributed by atoms with Crippen molar-refractivity contribution in [2.45, 2.75) is 20.0 Å². The van der Waals surface area contributed by atoms with Gasteiger partial charge in [0.1, 0.15) is 17.9 Å². The van der Waals surface area contributed by atoms with Crippen molar-refractivity contribution in [3.8, 4) is 5.75 Å². The largest absolute Gasteiger partial charge is 0.496 e. The SMILES string of the molecule is CCc1ccc2c(c1OC)C(=O)OC2. The molecule has 0 amide bonds. The van der Waals surface area contributed by atoms with Crippen LogP contribution in [0.4, 0.5) is 0 Å². The van der Waals surface area contributed by atoms with E-state index in [1.165, 1.54) is 0 Å². The summed E-state index contributed by atoms with van der Waals surface area (Å²) in [5.41, 5.74) is 2.57. The maximum atomic E-state index is 11.4. The van der Waals surface area contributed by atoms with Crippen LogP contribution in [0.5, 0.6) is 5.75 Å². The number of rotatable bonds is 2. The van der Waals surface area contributed by atoms with Crippen LogP contribution in [0.2, 0.25) is 0 Å². The normalized spacial score (nSPS) is 13.7. The van der Waals surface area contributed by atoms with Gasteiger partial charge >= 0.3 is 5.97 Å². The highest BCUT2D eigenvalue weighted by molar-refractivity contribution is 5.96. The Balaban J connectivity index is 2.63. The lowest BCUT2D eigenvalue weighted by Crippen LogP contribution is -2.01. The Labute approximate surface area is 82.6 Å². The third-order valence-corrected chi connectivity index (χ3v) is 2.47. The summed E-state index contributed by atoms with van der Waals surface area (Å²) in [4.78, 5) is 11.4. The number of ether oxygens (including phenoxy) is 2. The Morgan fingerprint density at radius 3 is 2.93 bits per heavy atom. The van der Waals surface area contributed by atoms with Crippen LogP contribution in [0.3, 0.4) is 0 Å². The number of carbonyl (C=O) groups is 1. The summed E-state index contributed by atoms with van der Waals surface area (Å²) in [6.07, 6.45) is 0.851. The maximum Gasteiger partial charge on any atom is 0.342 e. The van der Waals surface area contributed by atoms with E-state index in [9.17, 15) is 4.79 Å². The number of fused-ring (bicyclic) bond motifs is 1. The predicted octanol–water partition coefficient (Wildman–Crippen LogP) is 1.93. The van der Waals surface area contributed by atoms with Crippen LogP contribution in [0, 0.1) is 0 Å². The minimum absolute atomic E-state index is 0.271. The molecule has 0 spiro atoms. The molecule has 1 aliphatic heterocycles. The van der Waals surface area contributed by atoms with Crippen molar-refractivity contribution in [3.05, 3.63) is 28.8 Å². The zero-order valence-corrected chi connectivity index (χ0v) is 8.29. The standard InChI is InChI=1S/C11H12O3/c1-3-7-4-5-8-6-14-11(12)9(8)10(7)13-2/h4-5H,3,6H2,1-2H3. The Morgan fingerprint density at radius 2 is 2.29 bits per heavy atom. The van der Waals surface area contributed by atoms with Gasteiger partial charge in [-0.1, -0.05) is 19.1 Å². The van der Waals surface area contributed by atoms with E-state index < -0.39 is 0 Å². The fraction of sp³-hybridized carbons (Fsp3) is 0.364. The lowest BCUT2D eigenvalue weighted by atomic mass is 10.0. The second-order valence-electron chi connectivity index (χ2n) is 3.22. The lowest BCUT2D eigenvalue weighted by molar-refractivity contribution is 0.0533. The summed E-state index contributed by atoms with van der Waals surface area (Å²) < 4.78 is 10.2. The van der Waals surface area contributed by atoms with E-state index in [2.05, 4.69) is 0 Å². The van der Waals surface area contributed by atoms with E-state index in [0.29, 0.717) is 17.9 Å². The lowest BCUT2D eigenvalue weighted by Gasteiger charge is -2.09. The molecule has 2 rings (SSSR count). The average molecular weight is 192 g/mol. The van der Waals surface area contributed by atoms with Crippen LogP contribution in [-0.4, -0.2) is 13.1 Å². The van der Waals surface area contributed by atoms with Gasteiger partial charge in [0.2, 0.25) is 0 Å². The fourth-order valence-electron chi connectivity index (χ4n) is 1.74. The molecule has 3 nitrogen and oxygen atoms in total. The van der Waals surface area contributed by atoms with Gasteiger partial charge in [-0.15, -0.1) is 0 Å². The summed E-state index contributed by atoms with van der Waals surface area (Å²) in [7, 11) is 1.58. The van der Waals surface area contributed by atoms with Gasteiger partial charge in [0, 0.05) is 5.56 Å². The number of cyclic esters (lactones) is 1. The second kappa shape index (κ2) is 3.33. The van der Waals surface area contributed by atoms with Gasteiger partial charge in [-0.25, -0.2) is 4.79 Å². The van der Waals surface area contributed by atoms with Crippen LogP contribution in [0.15, 0.2) is 12.1 Å². The van der Waals surface area contributed by atoms with E-state index >= 15 is 0 Å². The Hall–Kier alpha value is -1.51. The average Bonchev–Trinajstić information content (AvgIpc) is 2.59. The molecule has 1 aliphatic rings. The molecule has 0 bridgehead atoms. The first-order chi connectivity index (χ1) is 6.77. The molecule has 14 heavy (non-hydrogen) atoms. The number of benzene rings is 1. The molecule has 74 valence electrons. The minimum Gasteiger partial charge on any atom is -0.496 e. The zero-order valence-electron chi connectivity index (χ0n) is 8.29. The summed E-state index contributed by atoms with van der Waals surface area (Å²) in [5, 5.41) is 0. The first-order valence-electron chi connectivity index (χ1n) is 4.63. The van der Waals surface area contributed by atoms with Crippen LogP contribution in [0.25, 0.3) is 0 Å². The van der Waals surface area contributed by atoms with Gasteiger partial charge in [-0.05, 0) is 12.0 Å². The number of hydrogen-bond acceptors (Lipinski definition) is 3. The molecule has 0 atom stereocenters.